The van der Waals surface area contributed by atoms with Gasteiger partial charge in [-0.1, -0.05) is 30.3 Å². The van der Waals surface area contributed by atoms with E-state index in [1.165, 1.54) is 12.8 Å². The summed E-state index contributed by atoms with van der Waals surface area (Å²) in [6, 6.07) is 12.4. The summed E-state index contributed by atoms with van der Waals surface area (Å²) in [6.45, 7) is 5.95. The van der Waals surface area contributed by atoms with E-state index in [4.69, 9.17) is 4.74 Å². The van der Waals surface area contributed by atoms with Crippen LogP contribution in [0.5, 0.6) is 0 Å². The van der Waals surface area contributed by atoms with Gasteiger partial charge in [0, 0.05) is 12.2 Å². The molecule has 2 heterocycles. The number of ether oxygens (including phenoxy) is 1. The molecule has 2 fully saturated rings. The van der Waals surface area contributed by atoms with Crippen LogP contribution in [-0.4, -0.2) is 40.3 Å². The Balaban J connectivity index is 1.59. The van der Waals surface area contributed by atoms with Crippen LogP contribution in [-0.2, 0) is 4.74 Å². The van der Waals surface area contributed by atoms with Crippen LogP contribution < -0.4 is 0 Å². The maximum absolute atomic E-state index is 13.2. The van der Waals surface area contributed by atoms with Crippen molar-refractivity contribution in [2.45, 2.75) is 38.8 Å². The van der Waals surface area contributed by atoms with E-state index in [0.717, 1.165) is 11.3 Å². The quantitative estimate of drug-likeness (QED) is 0.858. The number of hydrogen-bond acceptors (Lipinski definition) is 3. The standard InChI is InChI=1S/C20H25N3O2/c1-14-12-18(21-23(14)15(2)16-8-9-16)20(24)22-10-11-25-13-19(22)17-6-4-3-5-7-17/h3-7,12,15-16,19H,8-11,13H2,1-2H3. The van der Waals surface area contributed by atoms with Gasteiger partial charge in [-0.05, 0) is 44.2 Å². The molecule has 0 radical (unpaired) electrons. The summed E-state index contributed by atoms with van der Waals surface area (Å²) in [5, 5.41) is 4.66. The largest absolute Gasteiger partial charge is 0.377 e. The fourth-order valence-corrected chi connectivity index (χ4v) is 3.73. The second kappa shape index (κ2) is 6.64. The fraction of sp³-hybridized carbons (Fsp3) is 0.500. The van der Waals surface area contributed by atoms with E-state index in [1.54, 1.807) is 0 Å². The van der Waals surface area contributed by atoms with E-state index in [0.29, 0.717) is 37.4 Å². The second-order valence-corrected chi connectivity index (χ2v) is 7.19. The molecule has 0 spiro atoms. The molecule has 4 rings (SSSR count). The predicted octanol–water partition coefficient (Wildman–Crippen LogP) is 3.38. The average Bonchev–Trinajstić information content (AvgIpc) is 3.43. The Morgan fingerprint density at radius 2 is 2.04 bits per heavy atom. The lowest BCUT2D eigenvalue weighted by atomic mass is 10.0. The maximum atomic E-state index is 13.2. The summed E-state index contributed by atoms with van der Waals surface area (Å²) in [5.41, 5.74) is 2.72. The van der Waals surface area contributed by atoms with Crippen molar-refractivity contribution in [3.05, 3.63) is 53.3 Å². The molecule has 1 aromatic carbocycles. The van der Waals surface area contributed by atoms with Crippen LogP contribution in [0.15, 0.2) is 36.4 Å². The topological polar surface area (TPSA) is 47.4 Å². The van der Waals surface area contributed by atoms with Gasteiger partial charge in [-0.2, -0.15) is 5.10 Å². The van der Waals surface area contributed by atoms with Crippen molar-refractivity contribution in [3.63, 3.8) is 0 Å². The first-order chi connectivity index (χ1) is 12.1. The third kappa shape index (κ3) is 3.21. The number of carbonyl (C=O) groups is 1. The zero-order valence-corrected chi connectivity index (χ0v) is 14.9. The fourth-order valence-electron chi connectivity index (χ4n) is 3.73. The van der Waals surface area contributed by atoms with Gasteiger partial charge < -0.3 is 9.64 Å². The third-order valence-corrected chi connectivity index (χ3v) is 5.41. The van der Waals surface area contributed by atoms with E-state index in [9.17, 15) is 4.79 Å². The maximum Gasteiger partial charge on any atom is 0.275 e. The van der Waals surface area contributed by atoms with E-state index in [1.807, 2.05) is 40.8 Å². The van der Waals surface area contributed by atoms with E-state index < -0.39 is 0 Å². The average molecular weight is 339 g/mol. The minimum atomic E-state index is -0.0474. The first kappa shape index (κ1) is 16.3. The summed E-state index contributed by atoms with van der Waals surface area (Å²) in [6.07, 6.45) is 2.53. The zero-order valence-electron chi connectivity index (χ0n) is 14.9. The summed E-state index contributed by atoms with van der Waals surface area (Å²) < 4.78 is 7.67. The van der Waals surface area contributed by atoms with Crippen LogP contribution in [0.2, 0.25) is 0 Å². The van der Waals surface area contributed by atoms with Crippen molar-refractivity contribution in [3.8, 4) is 0 Å². The van der Waals surface area contributed by atoms with Crippen LogP contribution in [0.4, 0.5) is 0 Å². The number of morpholine rings is 1. The van der Waals surface area contributed by atoms with Crippen molar-refractivity contribution in [1.29, 1.82) is 0 Å². The molecule has 1 aliphatic carbocycles. The minimum absolute atomic E-state index is 0.00185. The summed E-state index contributed by atoms with van der Waals surface area (Å²) in [7, 11) is 0. The summed E-state index contributed by atoms with van der Waals surface area (Å²) >= 11 is 0. The van der Waals surface area contributed by atoms with Gasteiger partial charge >= 0.3 is 0 Å². The monoisotopic (exact) mass is 339 g/mol. The SMILES string of the molecule is Cc1cc(C(=O)N2CCOCC2c2ccccc2)nn1C(C)C1CC1. The highest BCUT2D eigenvalue weighted by molar-refractivity contribution is 5.92. The number of rotatable bonds is 4. The van der Waals surface area contributed by atoms with Gasteiger partial charge in [-0.25, -0.2) is 0 Å². The number of benzene rings is 1. The highest BCUT2D eigenvalue weighted by atomic mass is 16.5. The number of aromatic nitrogens is 2. The van der Waals surface area contributed by atoms with E-state index >= 15 is 0 Å². The molecule has 1 aliphatic heterocycles. The van der Waals surface area contributed by atoms with Crippen LogP contribution >= 0.6 is 0 Å². The van der Waals surface area contributed by atoms with Crippen molar-refractivity contribution < 1.29 is 9.53 Å². The number of hydrogen-bond donors (Lipinski definition) is 0. The molecule has 5 nitrogen and oxygen atoms in total. The van der Waals surface area contributed by atoms with Crippen LogP contribution in [0.3, 0.4) is 0 Å². The Labute approximate surface area is 148 Å². The molecule has 1 saturated carbocycles. The van der Waals surface area contributed by atoms with E-state index in [-0.39, 0.29) is 11.9 Å². The Morgan fingerprint density at radius 3 is 2.76 bits per heavy atom. The number of carbonyl (C=O) groups excluding carboxylic acids is 1. The summed E-state index contributed by atoms with van der Waals surface area (Å²) in [4.78, 5) is 15.1. The normalized spacial score (nSPS) is 22.0. The van der Waals surface area contributed by atoms with Crippen LogP contribution in [0, 0.1) is 12.8 Å². The molecule has 0 bridgehead atoms. The number of aryl methyl sites for hydroxylation is 1. The van der Waals surface area contributed by atoms with Gasteiger partial charge in [0.25, 0.3) is 5.91 Å². The molecule has 25 heavy (non-hydrogen) atoms. The lowest BCUT2D eigenvalue weighted by molar-refractivity contribution is -0.00306. The number of nitrogens with zero attached hydrogens (tertiary/aromatic N) is 3. The predicted molar refractivity (Wildman–Crippen MR) is 95.4 cm³/mol. The molecular formula is C20H25N3O2. The molecule has 1 aromatic heterocycles. The van der Waals surface area contributed by atoms with Gasteiger partial charge in [0.15, 0.2) is 5.69 Å². The van der Waals surface area contributed by atoms with Crippen molar-refractivity contribution in [2.24, 2.45) is 5.92 Å². The molecule has 5 heteroatoms. The highest BCUT2D eigenvalue weighted by Crippen LogP contribution is 2.39. The highest BCUT2D eigenvalue weighted by Gasteiger charge is 2.33. The molecule has 2 aliphatic rings. The molecule has 2 aromatic rings. The molecule has 2 unspecified atom stereocenters. The third-order valence-electron chi connectivity index (χ3n) is 5.41. The molecule has 1 saturated heterocycles. The van der Waals surface area contributed by atoms with Crippen molar-refractivity contribution >= 4 is 5.91 Å². The first-order valence-corrected chi connectivity index (χ1v) is 9.15. The Morgan fingerprint density at radius 1 is 1.28 bits per heavy atom. The molecule has 2 atom stereocenters. The lowest BCUT2D eigenvalue weighted by Gasteiger charge is -2.35. The molecule has 1 amide bonds. The smallest absolute Gasteiger partial charge is 0.275 e. The van der Waals surface area contributed by atoms with E-state index in [2.05, 4.69) is 24.2 Å². The van der Waals surface area contributed by atoms with Crippen molar-refractivity contribution in [1.82, 2.24) is 14.7 Å². The second-order valence-electron chi connectivity index (χ2n) is 7.19. The van der Waals surface area contributed by atoms with Crippen LogP contribution in [0.1, 0.15) is 53.6 Å². The first-order valence-electron chi connectivity index (χ1n) is 9.15. The zero-order chi connectivity index (χ0) is 17.4. The number of amides is 1. The van der Waals surface area contributed by atoms with Crippen molar-refractivity contribution in [2.75, 3.05) is 19.8 Å². The lowest BCUT2D eigenvalue weighted by Crippen LogP contribution is -2.43. The van der Waals surface area contributed by atoms with Gasteiger partial charge in [-0.15, -0.1) is 0 Å². The molecular weight excluding hydrogens is 314 g/mol. The Kier molecular flexibility index (Phi) is 4.34. The van der Waals surface area contributed by atoms with Gasteiger partial charge in [0.1, 0.15) is 0 Å². The Hall–Kier alpha value is -2.14. The molecule has 132 valence electrons. The van der Waals surface area contributed by atoms with Gasteiger partial charge in [0.05, 0.1) is 25.3 Å². The van der Waals surface area contributed by atoms with Crippen LogP contribution in [0.25, 0.3) is 0 Å². The summed E-state index contributed by atoms with van der Waals surface area (Å²) in [5.74, 6) is 0.712. The van der Waals surface area contributed by atoms with Gasteiger partial charge in [0.2, 0.25) is 0 Å². The Bertz CT molecular complexity index is 752. The minimum Gasteiger partial charge on any atom is -0.377 e. The van der Waals surface area contributed by atoms with Gasteiger partial charge in [-0.3, -0.25) is 9.48 Å². The molecule has 0 N–H and O–H groups in total.